The highest BCUT2D eigenvalue weighted by Crippen LogP contribution is 2.30. The molecule has 0 heterocycles. The number of hydrogen-bond donors (Lipinski definition) is 1. The van der Waals surface area contributed by atoms with E-state index in [0.717, 1.165) is 5.56 Å². The summed E-state index contributed by atoms with van der Waals surface area (Å²) in [6, 6.07) is 11.4. The van der Waals surface area contributed by atoms with Gasteiger partial charge >= 0.3 is 0 Å². The molecule has 0 unspecified atom stereocenters. The lowest BCUT2D eigenvalue weighted by Gasteiger charge is -2.12. The van der Waals surface area contributed by atoms with Crippen LogP contribution in [0.25, 0.3) is 6.08 Å². The fourth-order valence-electron chi connectivity index (χ4n) is 2.25. The zero-order chi connectivity index (χ0) is 18.2. The van der Waals surface area contributed by atoms with E-state index in [1.165, 1.54) is 31.4 Å². The molecule has 0 saturated carbocycles. The summed E-state index contributed by atoms with van der Waals surface area (Å²) >= 11 is 0. The van der Waals surface area contributed by atoms with Crippen LogP contribution in [0.3, 0.4) is 0 Å². The molecule has 1 N–H and O–H groups in total. The van der Waals surface area contributed by atoms with Crippen LogP contribution in [-0.4, -0.2) is 25.1 Å². The van der Waals surface area contributed by atoms with Crippen molar-refractivity contribution in [1.82, 2.24) is 5.32 Å². The monoisotopic (exact) mass is 342 g/mol. The van der Waals surface area contributed by atoms with Gasteiger partial charge in [0.2, 0.25) is 5.91 Å². The molecular weight excluding hydrogens is 324 g/mol. The molecule has 0 atom stereocenters. The van der Waals surface area contributed by atoms with Crippen LogP contribution in [-0.2, 0) is 11.3 Å². The number of nitrogens with one attached hydrogen (secondary N) is 1. The fraction of sp³-hybridized carbons (Fsp3) is 0.167. The van der Waals surface area contributed by atoms with Crippen LogP contribution in [0.2, 0.25) is 0 Å². The maximum atomic E-state index is 12.0. The van der Waals surface area contributed by atoms with Gasteiger partial charge in [-0.15, -0.1) is 0 Å². The average Bonchev–Trinajstić information content (AvgIpc) is 2.64. The van der Waals surface area contributed by atoms with Gasteiger partial charge in [-0.05, 0) is 17.7 Å². The van der Waals surface area contributed by atoms with Gasteiger partial charge in [0.05, 0.1) is 19.1 Å². The summed E-state index contributed by atoms with van der Waals surface area (Å²) in [7, 11) is 3.08. The van der Waals surface area contributed by atoms with Crippen LogP contribution in [0.5, 0.6) is 11.5 Å². The number of para-hydroxylation sites is 1. The van der Waals surface area contributed by atoms with Gasteiger partial charge in [-0.25, -0.2) is 0 Å². The summed E-state index contributed by atoms with van der Waals surface area (Å²) in [6.45, 7) is 0.262. The molecule has 0 aliphatic heterocycles. The molecule has 0 fully saturated rings. The summed E-state index contributed by atoms with van der Waals surface area (Å²) < 4.78 is 10.5. The molecule has 0 aliphatic rings. The number of nitro benzene ring substituents is 1. The Balaban J connectivity index is 2.02. The zero-order valence-corrected chi connectivity index (χ0v) is 13.9. The molecule has 0 saturated heterocycles. The van der Waals surface area contributed by atoms with Gasteiger partial charge in [0.25, 0.3) is 5.69 Å². The van der Waals surface area contributed by atoms with E-state index in [2.05, 4.69) is 5.32 Å². The lowest BCUT2D eigenvalue weighted by molar-refractivity contribution is -0.384. The Morgan fingerprint density at radius 3 is 2.64 bits per heavy atom. The first-order valence-corrected chi connectivity index (χ1v) is 7.45. The first-order chi connectivity index (χ1) is 12.0. The molecule has 0 bridgehead atoms. The molecule has 0 aromatic heterocycles. The number of rotatable bonds is 7. The zero-order valence-electron chi connectivity index (χ0n) is 13.9. The van der Waals surface area contributed by atoms with Crippen LogP contribution in [0, 0.1) is 10.1 Å². The van der Waals surface area contributed by atoms with Gasteiger partial charge in [-0.1, -0.05) is 24.3 Å². The van der Waals surface area contributed by atoms with Crippen LogP contribution >= 0.6 is 0 Å². The van der Waals surface area contributed by atoms with Gasteiger partial charge in [-0.2, -0.15) is 0 Å². The van der Waals surface area contributed by atoms with Crippen molar-refractivity contribution in [2.45, 2.75) is 6.54 Å². The summed E-state index contributed by atoms with van der Waals surface area (Å²) in [5.74, 6) is 0.825. The Labute approximate surface area is 145 Å². The van der Waals surface area contributed by atoms with Crippen LogP contribution in [0.15, 0.2) is 48.5 Å². The number of carbonyl (C=O) groups is 1. The molecule has 2 aromatic carbocycles. The predicted octanol–water partition coefficient (Wildman–Crippen LogP) is 2.94. The van der Waals surface area contributed by atoms with Gasteiger partial charge in [0.15, 0.2) is 11.5 Å². The molecule has 25 heavy (non-hydrogen) atoms. The van der Waals surface area contributed by atoms with Crippen LogP contribution in [0.1, 0.15) is 11.1 Å². The molecule has 1 amide bonds. The number of nitro groups is 1. The lowest BCUT2D eigenvalue weighted by atomic mass is 10.1. The first kappa shape index (κ1) is 18.0. The molecule has 2 aromatic rings. The molecule has 2 rings (SSSR count). The van der Waals surface area contributed by atoms with Crippen LogP contribution < -0.4 is 14.8 Å². The van der Waals surface area contributed by atoms with Crippen molar-refractivity contribution in [3.63, 3.8) is 0 Å². The Hall–Kier alpha value is -3.35. The summed E-state index contributed by atoms with van der Waals surface area (Å²) in [6.07, 6.45) is 2.84. The van der Waals surface area contributed by atoms with E-state index in [4.69, 9.17) is 9.47 Å². The normalized spacial score (nSPS) is 10.5. The van der Waals surface area contributed by atoms with Gasteiger partial charge in [0.1, 0.15) is 0 Å². The van der Waals surface area contributed by atoms with E-state index in [1.807, 2.05) is 12.1 Å². The fourth-order valence-corrected chi connectivity index (χ4v) is 2.25. The van der Waals surface area contributed by atoms with E-state index in [9.17, 15) is 14.9 Å². The number of carbonyl (C=O) groups excluding carboxylic acids is 1. The van der Waals surface area contributed by atoms with Crippen molar-refractivity contribution in [3.05, 3.63) is 69.8 Å². The third-order valence-corrected chi connectivity index (χ3v) is 3.45. The van der Waals surface area contributed by atoms with E-state index in [1.54, 1.807) is 25.3 Å². The number of non-ortho nitro benzene ring substituents is 1. The summed E-state index contributed by atoms with van der Waals surface area (Å²) in [4.78, 5) is 22.2. The van der Waals surface area contributed by atoms with Crippen molar-refractivity contribution in [2.75, 3.05) is 14.2 Å². The Morgan fingerprint density at radius 2 is 1.96 bits per heavy atom. The highest BCUT2D eigenvalue weighted by atomic mass is 16.6. The second-order valence-corrected chi connectivity index (χ2v) is 5.06. The first-order valence-electron chi connectivity index (χ1n) is 7.45. The van der Waals surface area contributed by atoms with E-state index < -0.39 is 4.92 Å². The highest BCUT2D eigenvalue weighted by molar-refractivity contribution is 5.91. The molecule has 0 aliphatic carbocycles. The number of nitrogens with zero attached hydrogens (tertiary/aromatic N) is 1. The van der Waals surface area contributed by atoms with Gasteiger partial charge < -0.3 is 14.8 Å². The molecule has 0 spiro atoms. The third-order valence-electron chi connectivity index (χ3n) is 3.45. The third kappa shape index (κ3) is 4.81. The topological polar surface area (TPSA) is 90.7 Å². The number of ether oxygens (including phenoxy) is 2. The van der Waals surface area contributed by atoms with Crippen molar-refractivity contribution < 1.29 is 19.2 Å². The second kappa shape index (κ2) is 8.49. The maximum Gasteiger partial charge on any atom is 0.270 e. The summed E-state index contributed by atoms with van der Waals surface area (Å²) in [5, 5.41) is 13.5. The second-order valence-electron chi connectivity index (χ2n) is 5.06. The van der Waals surface area contributed by atoms with E-state index in [0.29, 0.717) is 17.1 Å². The molecule has 0 radical (unpaired) electrons. The Bertz CT molecular complexity index is 802. The van der Waals surface area contributed by atoms with E-state index >= 15 is 0 Å². The van der Waals surface area contributed by atoms with Crippen molar-refractivity contribution in [2.24, 2.45) is 0 Å². The molecular formula is C18H18N2O5. The number of amides is 1. The quantitative estimate of drug-likeness (QED) is 0.474. The maximum absolute atomic E-state index is 12.0. The van der Waals surface area contributed by atoms with Crippen molar-refractivity contribution >= 4 is 17.7 Å². The summed E-state index contributed by atoms with van der Waals surface area (Å²) in [5.41, 5.74) is 1.32. The number of methoxy groups -OCH3 is 2. The van der Waals surface area contributed by atoms with E-state index in [-0.39, 0.29) is 18.1 Å². The van der Waals surface area contributed by atoms with Crippen molar-refractivity contribution in [1.29, 1.82) is 0 Å². The Morgan fingerprint density at radius 1 is 1.20 bits per heavy atom. The number of hydrogen-bond acceptors (Lipinski definition) is 5. The minimum absolute atomic E-state index is 0.0244. The van der Waals surface area contributed by atoms with Crippen LogP contribution in [0.4, 0.5) is 5.69 Å². The smallest absolute Gasteiger partial charge is 0.270 e. The molecule has 130 valence electrons. The standard InChI is InChI=1S/C18H18N2O5/c1-24-16-8-4-6-14(18(16)25-2)12-19-17(21)10-9-13-5-3-7-15(11-13)20(22)23/h3-11H,12H2,1-2H3,(H,19,21)/b10-9+. The highest BCUT2D eigenvalue weighted by Gasteiger charge is 2.10. The molecule has 7 heteroatoms. The number of benzene rings is 2. The van der Waals surface area contributed by atoms with Gasteiger partial charge in [-0.3, -0.25) is 14.9 Å². The van der Waals surface area contributed by atoms with Crippen molar-refractivity contribution in [3.8, 4) is 11.5 Å². The molecule has 7 nitrogen and oxygen atoms in total. The SMILES string of the molecule is COc1cccc(CNC(=O)/C=C/c2cccc([N+](=O)[O-])c2)c1OC. The van der Waals surface area contributed by atoms with Gasteiger partial charge in [0, 0.05) is 30.3 Å². The average molecular weight is 342 g/mol. The largest absolute Gasteiger partial charge is 0.493 e. The Kier molecular flexibility index (Phi) is 6.11. The predicted molar refractivity (Wildman–Crippen MR) is 93.5 cm³/mol. The minimum Gasteiger partial charge on any atom is -0.493 e. The lowest BCUT2D eigenvalue weighted by Crippen LogP contribution is -2.20. The minimum atomic E-state index is -0.480.